The van der Waals surface area contributed by atoms with Gasteiger partial charge in [0, 0.05) is 5.92 Å². The minimum atomic E-state index is 0.406. The van der Waals surface area contributed by atoms with Gasteiger partial charge in [0.2, 0.25) is 0 Å². The lowest BCUT2D eigenvalue weighted by Gasteiger charge is -2.41. The lowest BCUT2D eigenvalue weighted by Crippen LogP contribution is -2.30. The van der Waals surface area contributed by atoms with Crippen molar-refractivity contribution in [1.29, 1.82) is 0 Å². The molecule has 2 aliphatic rings. The van der Waals surface area contributed by atoms with E-state index in [1.807, 2.05) is 0 Å². The highest BCUT2D eigenvalue weighted by molar-refractivity contribution is 5.50. The van der Waals surface area contributed by atoms with Crippen molar-refractivity contribution in [3.05, 3.63) is 70.3 Å². The van der Waals surface area contributed by atoms with E-state index in [4.69, 9.17) is 0 Å². The molecule has 4 rings (SSSR count). The molecule has 0 spiro atoms. The summed E-state index contributed by atoms with van der Waals surface area (Å²) in [5, 5.41) is 0. The third-order valence-electron chi connectivity index (χ3n) is 6.25. The molecule has 1 saturated carbocycles. The first-order chi connectivity index (χ1) is 10.6. The maximum absolute atomic E-state index is 2.55. The van der Waals surface area contributed by atoms with Gasteiger partial charge in [-0.1, -0.05) is 73.4 Å². The summed E-state index contributed by atoms with van der Waals surface area (Å²) in [6.07, 6.45) is 5.52. The van der Waals surface area contributed by atoms with Crippen LogP contribution in [0.1, 0.15) is 72.3 Å². The van der Waals surface area contributed by atoms with Crippen LogP contribution in [0.4, 0.5) is 0 Å². The smallest absolute Gasteiger partial charge is 0.0152 e. The normalized spacial score (nSPS) is 30.0. The number of rotatable bonds is 1. The van der Waals surface area contributed by atoms with Crippen LogP contribution in [0.15, 0.2) is 42.5 Å². The predicted octanol–water partition coefficient (Wildman–Crippen LogP) is 6.11. The van der Waals surface area contributed by atoms with Crippen molar-refractivity contribution in [1.82, 2.24) is 0 Å². The van der Waals surface area contributed by atoms with Crippen LogP contribution in [0.3, 0.4) is 0 Å². The molecule has 114 valence electrons. The van der Waals surface area contributed by atoms with Gasteiger partial charge in [-0.25, -0.2) is 0 Å². The number of benzene rings is 2. The molecule has 2 aromatic carbocycles. The van der Waals surface area contributed by atoms with E-state index in [0.29, 0.717) is 11.3 Å². The summed E-state index contributed by atoms with van der Waals surface area (Å²) in [6, 6.07) is 16.5. The third-order valence-corrected chi connectivity index (χ3v) is 6.25. The monoisotopic (exact) mass is 290 g/mol. The van der Waals surface area contributed by atoms with E-state index in [-0.39, 0.29) is 0 Å². The Morgan fingerprint density at radius 2 is 1.59 bits per heavy atom. The molecule has 22 heavy (non-hydrogen) atoms. The Morgan fingerprint density at radius 1 is 0.864 bits per heavy atom. The van der Waals surface area contributed by atoms with Gasteiger partial charge in [0.25, 0.3) is 0 Å². The molecule has 0 N–H and O–H groups in total. The second-order valence-electron chi connectivity index (χ2n) is 7.78. The van der Waals surface area contributed by atoms with Crippen LogP contribution in [0, 0.1) is 19.3 Å². The van der Waals surface area contributed by atoms with E-state index in [0.717, 1.165) is 5.92 Å². The minimum Gasteiger partial charge on any atom is -0.0590 e. The van der Waals surface area contributed by atoms with E-state index in [1.54, 1.807) is 11.1 Å². The van der Waals surface area contributed by atoms with E-state index in [9.17, 15) is 0 Å². The molecule has 0 aliphatic heterocycles. The van der Waals surface area contributed by atoms with Gasteiger partial charge < -0.3 is 0 Å². The number of hydrogen-bond acceptors (Lipinski definition) is 0. The molecule has 3 atom stereocenters. The molecule has 0 bridgehead atoms. The van der Waals surface area contributed by atoms with E-state index in [1.165, 1.54) is 42.4 Å². The fourth-order valence-electron chi connectivity index (χ4n) is 5.15. The standard InChI is InChI=1S/C22H26/c1-15-7-10-17(11-8-15)21-19-14-16(2)9-12-18(19)20-6-4-5-13-22(20,21)3/h7-12,14,20-21H,4-6,13H2,1-3H3/t20?,21-,22-/m1/s1. The van der Waals surface area contributed by atoms with Gasteiger partial charge >= 0.3 is 0 Å². The number of fused-ring (bicyclic) bond motifs is 3. The van der Waals surface area contributed by atoms with E-state index >= 15 is 0 Å². The SMILES string of the molecule is Cc1ccc([C@@H]2c3cc(C)ccc3C3CCCC[C@]32C)cc1. The Bertz CT molecular complexity index is 694. The van der Waals surface area contributed by atoms with E-state index in [2.05, 4.69) is 63.2 Å². The van der Waals surface area contributed by atoms with Crippen molar-refractivity contribution in [3.63, 3.8) is 0 Å². The Labute approximate surface area is 134 Å². The van der Waals surface area contributed by atoms with Gasteiger partial charge in [0.1, 0.15) is 0 Å². The van der Waals surface area contributed by atoms with Crippen LogP contribution < -0.4 is 0 Å². The van der Waals surface area contributed by atoms with Crippen molar-refractivity contribution in [2.75, 3.05) is 0 Å². The van der Waals surface area contributed by atoms with Gasteiger partial charge in [0.15, 0.2) is 0 Å². The maximum atomic E-state index is 2.55. The average Bonchev–Trinajstić information content (AvgIpc) is 2.76. The number of hydrogen-bond donors (Lipinski definition) is 0. The summed E-state index contributed by atoms with van der Waals surface area (Å²) in [5.41, 5.74) is 7.93. The molecule has 0 radical (unpaired) electrons. The van der Waals surface area contributed by atoms with Gasteiger partial charge in [0.05, 0.1) is 0 Å². The molecule has 0 saturated heterocycles. The molecule has 2 aromatic rings. The third kappa shape index (κ3) is 1.96. The lowest BCUT2D eigenvalue weighted by atomic mass is 9.62. The Morgan fingerprint density at radius 3 is 2.36 bits per heavy atom. The topological polar surface area (TPSA) is 0 Å². The zero-order valence-electron chi connectivity index (χ0n) is 14.0. The highest BCUT2D eigenvalue weighted by atomic mass is 14.5. The van der Waals surface area contributed by atoms with Crippen molar-refractivity contribution < 1.29 is 0 Å². The first kappa shape index (κ1) is 14.1. The van der Waals surface area contributed by atoms with Crippen LogP contribution in [-0.4, -0.2) is 0 Å². The first-order valence-electron chi connectivity index (χ1n) is 8.76. The Hall–Kier alpha value is -1.56. The molecule has 0 heteroatoms. The predicted molar refractivity (Wildman–Crippen MR) is 93.5 cm³/mol. The molecule has 1 fully saturated rings. The van der Waals surface area contributed by atoms with Crippen LogP contribution in [0.2, 0.25) is 0 Å². The molecule has 1 unspecified atom stereocenters. The molecular weight excluding hydrogens is 264 g/mol. The molecule has 0 aromatic heterocycles. The van der Waals surface area contributed by atoms with Crippen molar-refractivity contribution in [3.8, 4) is 0 Å². The number of aryl methyl sites for hydroxylation is 2. The lowest BCUT2D eigenvalue weighted by molar-refractivity contribution is 0.172. The fraction of sp³-hybridized carbons (Fsp3) is 0.455. The zero-order valence-corrected chi connectivity index (χ0v) is 14.0. The van der Waals surface area contributed by atoms with E-state index < -0.39 is 0 Å². The first-order valence-corrected chi connectivity index (χ1v) is 8.76. The van der Waals surface area contributed by atoms with Crippen LogP contribution >= 0.6 is 0 Å². The van der Waals surface area contributed by atoms with Gasteiger partial charge in [-0.05, 0) is 54.7 Å². The molecular formula is C22H26. The zero-order chi connectivity index (χ0) is 15.3. The van der Waals surface area contributed by atoms with Gasteiger partial charge in [-0.2, -0.15) is 0 Å². The second kappa shape index (κ2) is 4.98. The van der Waals surface area contributed by atoms with Crippen LogP contribution in [0.25, 0.3) is 0 Å². The summed E-state index contributed by atoms with van der Waals surface area (Å²) >= 11 is 0. The second-order valence-corrected chi connectivity index (χ2v) is 7.78. The Kier molecular flexibility index (Phi) is 3.18. The summed E-state index contributed by atoms with van der Waals surface area (Å²) in [4.78, 5) is 0. The van der Waals surface area contributed by atoms with Crippen molar-refractivity contribution >= 4 is 0 Å². The van der Waals surface area contributed by atoms with Crippen molar-refractivity contribution in [2.45, 2.75) is 58.3 Å². The van der Waals surface area contributed by atoms with Gasteiger partial charge in [-0.3, -0.25) is 0 Å². The van der Waals surface area contributed by atoms with Crippen LogP contribution in [0.5, 0.6) is 0 Å². The van der Waals surface area contributed by atoms with Crippen LogP contribution in [-0.2, 0) is 0 Å². The quantitative estimate of drug-likeness (QED) is 0.594. The molecule has 0 heterocycles. The highest BCUT2D eigenvalue weighted by Crippen LogP contribution is 2.63. The maximum Gasteiger partial charge on any atom is 0.0152 e. The Balaban J connectivity index is 1.91. The molecule has 0 nitrogen and oxygen atoms in total. The van der Waals surface area contributed by atoms with Crippen molar-refractivity contribution in [2.24, 2.45) is 5.41 Å². The average molecular weight is 290 g/mol. The minimum absolute atomic E-state index is 0.406. The van der Waals surface area contributed by atoms with Gasteiger partial charge in [-0.15, -0.1) is 0 Å². The summed E-state index contributed by atoms with van der Waals surface area (Å²) in [7, 11) is 0. The molecule has 2 aliphatic carbocycles. The summed E-state index contributed by atoms with van der Waals surface area (Å²) in [6.45, 7) is 6.97. The summed E-state index contributed by atoms with van der Waals surface area (Å²) in [5.74, 6) is 1.33. The fourth-order valence-corrected chi connectivity index (χ4v) is 5.15. The summed E-state index contributed by atoms with van der Waals surface area (Å²) < 4.78 is 0. The molecule has 0 amide bonds. The largest absolute Gasteiger partial charge is 0.0590 e. The highest BCUT2D eigenvalue weighted by Gasteiger charge is 2.50.